The maximum absolute atomic E-state index is 5.55. The molecule has 1 N–H and O–H groups in total. The van der Waals surface area contributed by atoms with Crippen LogP contribution in [0.5, 0.6) is 0 Å². The first-order valence-electron chi connectivity index (χ1n) is 17.5. The summed E-state index contributed by atoms with van der Waals surface area (Å²) in [6.45, 7) is 0. The summed E-state index contributed by atoms with van der Waals surface area (Å²) in [7, 11) is 0. The molecule has 0 saturated heterocycles. The van der Waals surface area contributed by atoms with Gasteiger partial charge in [0.05, 0.1) is 22.9 Å². The van der Waals surface area contributed by atoms with Crippen molar-refractivity contribution >= 4 is 96.2 Å². The molecule has 0 aliphatic carbocycles. The van der Waals surface area contributed by atoms with Gasteiger partial charge in [-0.2, -0.15) is 0 Å². The number of benzene rings is 7. The molecule has 1 atom stereocenters. The Labute approximate surface area is 307 Å². The van der Waals surface area contributed by atoms with E-state index in [0.717, 1.165) is 50.2 Å². The highest BCUT2D eigenvalue weighted by Gasteiger charge is 2.24. The highest BCUT2D eigenvalue weighted by atomic mass is 32.1. The van der Waals surface area contributed by atoms with Crippen LogP contribution < -0.4 is 5.32 Å². The van der Waals surface area contributed by atoms with Crippen molar-refractivity contribution < 1.29 is 0 Å². The number of thiophene rings is 2. The number of aromatic nitrogens is 1. The topological polar surface area (TPSA) is 37.3 Å². The zero-order valence-corrected chi connectivity index (χ0v) is 29.5. The van der Waals surface area contributed by atoms with Gasteiger partial charge in [0.2, 0.25) is 0 Å². The first-order valence-corrected chi connectivity index (χ1v) is 19.2. The third-order valence-corrected chi connectivity index (χ3v) is 12.6. The van der Waals surface area contributed by atoms with Crippen molar-refractivity contribution in [3.8, 4) is 11.3 Å². The van der Waals surface area contributed by atoms with Crippen molar-refractivity contribution in [1.82, 2.24) is 10.3 Å². The number of pyridine rings is 1. The van der Waals surface area contributed by atoms with Gasteiger partial charge in [-0.25, -0.2) is 9.98 Å². The van der Waals surface area contributed by atoms with Crippen LogP contribution >= 0.6 is 22.7 Å². The average molecular weight is 700 g/mol. The Morgan fingerprint density at radius 2 is 1.13 bits per heavy atom. The minimum atomic E-state index is -0.0888. The van der Waals surface area contributed by atoms with Crippen molar-refractivity contribution in [1.29, 1.82) is 0 Å². The Hall–Kier alpha value is -6.14. The number of aliphatic imine (C=N–C) groups is 1. The highest BCUT2D eigenvalue weighted by molar-refractivity contribution is 7.26. The van der Waals surface area contributed by atoms with E-state index >= 15 is 0 Å². The number of para-hydroxylation sites is 1. The summed E-state index contributed by atoms with van der Waals surface area (Å²) in [5, 5.41) is 12.6. The number of fused-ring (bicyclic) bond motifs is 10. The highest BCUT2D eigenvalue weighted by Crippen LogP contribution is 2.44. The molecule has 3 nitrogen and oxygen atoms in total. The van der Waals surface area contributed by atoms with E-state index in [9.17, 15) is 0 Å². The van der Waals surface area contributed by atoms with Gasteiger partial charge in [0.15, 0.2) is 0 Å². The smallest absolute Gasteiger partial charge is 0.136 e. The monoisotopic (exact) mass is 699 g/mol. The second kappa shape index (κ2) is 11.7. The minimum absolute atomic E-state index is 0.0888. The van der Waals surface area contributed by atoms with Crippen molar-refractivity contribution in [3.63, 3.8) is 0 Å². The summed E-state index contributed by atoms with van der Waals surface area (Å²) in [5.74, 6) is 0.821. The molecule has 244 valence electrons. The summed E-state index contributed by atoms with van der Waals surface area (Å²) in [4.78, 5) is 10.9. The maximum atomic E-state index is 5.55. The third kappa shape index (κ3) is 4.63. The summed E-state index contributed by atoms with van der Waals surface area (Å²) in [6, 6.07) is 56.5. The molecule has 11 rings (SSSR count). The van der Waals surface area contributed by atoms with Gasteiger partial charge in [0.25, 0.3) is 0 Å². The Morgan fingerprint density at radius 3 is 1.96 bits per heavy atom. The molecule has 5 heteroatoms. The fourth-order valence-electron chi connectivity index (χ4n) is 7.90. The van der Waals surface area contributed by atoms with E-state index in [1.807, 2.05) is 22.7 Å². The van der Waals surface area contributed by atoms with E-state index in [0.29, 0.717) is 0 Å². The molecule has 0 saturated carbocycles. The standard InChI is InChI=1S/C47H29N3S2/c1-3-12-28(13-4-1)37-27-38(30-22-23-32-31-16-7-9-20-39(31)52-42(32)26-30)49-47(48-37)36-19-11-18-34-43-35(45(50-46(34)36)29-14-5-2-6-15-29)24-25-41-44(43)33-17-8-10-21-40(33)51-41/h1-27,38H,(H,48,49). The molecular formula is C47H29N3S2. The van der Waals surface area contributed by atoms with Gasteiger partial charge in [0.1, 0.15) is 5.84 Å². The number of hydrogen-bond acceptors (Lipinski definition) is 5. The SMILES string of the molecule is C1=C(c2ccccc2)N=C(c2cccc3c2nc(-c2ccccc2)c2ccc4sc5ccccc5c4c23)NC1c1ccc2c(c1)sc1ccccc12. The number of nitrogens with one attached hydrogen (secondary N) is 1. The molecule has 4 heterocycles. The van der Waals surface area contributed by atoms with Crippen LogP contribution in [0.1, 0.15) is 22.7 Å². The van der Waals surface area contributed by atoms with Crippen LogP contribution in [-0.4, -0.2) is 10.8 Å². The summed E-state index contributed by atoms with van der Waals surface area (Å²) >= 11 is 3.70. The average Bonchev–Trinajstić information content (AvgIpc) is 3.79. The van der Waals surface area contributed by atoms with E-state index in [4.69, 9.17) is 9.98 Å². The molecular weight excluding hydrogens is 671 g/mol. The molecule has 10 aromatic rings. The predicted molar refractivity (Wildman–Crippen MR) is 224 cm³/mol. The number of nitrogens with zero attached hydrogens (tertiary/aromatic N) is 2. The molecule has 0 spiro atoms. The molecule has 0 amide bonds. The number of amidine groups is 1. The molecule has 1 unspecified atom stereocenters. The molecule has 1 aliphatic heterocycles. The molecule has 1 aliphatic rings. The van der Waals surface area contributed by atoms with Crippen LogP contribution in [-0.2, 0) is 0 Å². The summed E-state index contributed by atoms with van der Waals surface area (Å²) in [6.07, 6.45) is 2.26. The van der Waals surface area contributed by atoms with E-state index in [-0.39, 0.29) is 6.04 Å². The van der Waals surface area contributed by atoms with E-state index in [1.165, 1.54) is 51.3 Å². The van der Waals surface area contributed by atoms with Gasteiger partial charge in [-0.3, -0.25) is 0 Å². The lowest BCUT2D eigenvalue weighted by molar-refractivity contribution is 0.782. The van der Waals surface area contributed by atoms with Gasteiger partial charge >= 0.3 is 0 Å². The zero-order valence-electron chi connectivity index (χ0n) is 27.9. The Kier molecular flexibility index (Phi) is 6.66. The lowest BCUT2D eigenvalue weighted by Gasteiger charge is -2.25. The Bertz CT molecular complexity index is 3100. The lowest BCUT2D eigenvalue weighted by atomic mass is 9.94. The van der Waals surface area contributed by atoms with Gasteiger partial charge in [0, 0.05) is 67.6 Å². The Balaban J connectivity index is 1.16. The molecule has 3 aromatic heterocycles. The maximum Gasteiger partial charge on any atom is 0.136 e. The number of rotatable bonds is 4. The zero-order chi connectivity index (χ0) is 34.2. The summed E-state index contributed by atoms with van der Waals surface area (Å²) < 4.78 is 5.17. The summed E-state index contributed by atoms with van der Waals surface area (Å²) in [5.41, 5.74) is 7.25. The minimum Gasteiger partial charge on any atom is -0.359 e. The Morgan fingerprint density at radius 1 is 0.481 bits per heavy atom. The van der Waals surface area contributed by atoms with Crippen LogP contribution in [0.4, 0.5) is 0 Å². The van der Waals surface area contributed by atoms with Crippen molar-refractivity contribution in [2.75, 3.05) is 0 Å². The van der Waals surface area contributed by atoms with Gasteiger partial charge in [-0.05, 0) is 47.5 Å². The number of hydrogen-bond donors (Lipinski definition) is 1. The molecule has 0 bridgehead atoms. The molecule has 0 radical (unpaired) electrons. The van der Waals surface area contributed by atoms with Crippen LogP contribution in [0.2, 0.25) is 0 Å². The molecule has 0 fully saturated rings. The van der Waals surface area contributed by atoms with Crippen LogP contribution in [0.15, 0.2) is 169 Å². The van der Waals surface area contributed by atoms with E-state index in [2.05, 4.69) is 169 Å². The third-order valence-electron chi connectivity index (χ3n) is 10.3. The second-order valence-electron chi connectivity index (χ2n) is 13.3. The molecule has 52 heavy (non-hydrogen) atoms. The first kappa shape index (κ1) is 29.6. The largest absolute Gasteiger partial charge is 0.359 e. The van der Waals surface area contributed by atoms with E-state index < -0.39 is 0 Å². The van der Waals surface area contributed by atoms with E-state index in [1.54, 1.807) is 0 Å². The van der Waals surface area contributed by atoms with Crippen molar-refractivity contribution in [2.24, 2.45) is 4.99 Å². The van der Waals surface area contributed by atoms with Crippen molar-refractivity contribution in [3.05, 3.63) is 180 Å². The van der Waals surface area contributed by atoms with Crippen LogP contribution in [0, 0.1) is 0 Å². The fourth-order valence-corrected chi connectivity index (χ4v) is 10.2. The van der Waals surface area contributed by atoms with Crippen LogP contribution in [0.25, 0.3) is 79.0 Å². The van der Waals surface area contributed by atoms with Gasteiger partial charge in [-0.15, -0.1) is 22.7 Å². The fraction of sp³-hybridized carbons (Fsp3) is 0.0213. The van der Waals surface area contributed by atoms with Crippen molar-refractivity contribution in [2.45, 2.75) is 6.04 Å². The quantitative estimate of drug-likeness (QED) is 0.186. The predicted octanol–water partition coefficient (Wildman–Crippen LogP) is 12.9. The van der Waals surface area contributed by atoms with Crippen LogP contribution in [0.3, 0.4) is 0 Å². The van der Waals surface area contributed by atoms with Gasteiger partial charge in [-0.1, -0.05) is 127 Å². The second-order valence-corrected chi connectivity index (χ2v) is 15.5. The van der Waals surface area contributed by atoms with Gasteiger partial charge < -0.3 is 5.32 Å². The first-order chi connectivity index (χ1) is 25.8. The normalized spacial score (nSPS) is 14.7. The lowest BCUT2D eigenvalue weighted by Crippen LogP contribution is -2.31. The molecule has 7 aromatic carbocycles.